The second-order valence-electron chi connectivity index (χ2n) is 7.41. The van der Waals surface area contributed by atoms with Crippen molar-refractivity contribution in [3.8, 4) is 11.3 Å². The molecule has 6 nitrogen and oxygen atoms in total. The molecule has 7 heteroatoms. The molecule has 2 aromatic carbocycles. The number of halogens is 1. The summed E-state index contributed by atoms with van der Waals surface area (Å²) in [5.41, 5.74) is 4.23. The van der Waals surface area contributed by atoms with Crippen molar-refractivity contribution in [1.29, 1.82) is 0 Å². The van der Waals surface area contributed by atoms with E-state index in [1.165, 1.54) is 4.52 Å². The molecule has 1 amide bonds. The molecule has 0 bridgehead atoms. The van der Waals surface area contributed by atoms with E-state index in [1.54, 1.807) is 11.0 Å². The Hall–Kier alpha value is -3.38. The molecule has 0 saturated heterocycles. The lowest BCUT2D eigenvalue weighted by molar-refractivity contribution is -0.131. The molecule has 0 atom stereocenters. The number of rotatable bonds is 3. The van der Waals surface area contributed by atoms with E-state index < -0.39 is 0 Å². The lowest BCUT2D eigenvalue weighted by Crippen LogP contribution is -2.40. The van der Waals surface area contributed by atoms with Crippen LogP contribution in [0.25, 0.3) is 16.9 Å². The minimum atomic E-state index is -0.122. The van der Waals surface area contributed by atoms with Gasteiger partial charge in [0.05, 0.1) is 24.4 Å². The van der Waals surface area contributed by atoms with Crippen molar-refractivity contribution in [3.63, 3.8) is 0 Å². The van der Waals surface area contributed by atoms with Gasteiger partial charge in [-0.2, -0.15) is 0 Å². The number of fused-ring (bicyclic) bond motifs is 2. The molecule has 0 saturated carbocycles. The van der Waals surface area contributed by atoms with Gasteiger partial charge < -0.3 is 4.90 Å². The Morgan fingerprint density at radius 1 is 1.10 bits per heavy atom. The largest absolute Gasteiger partial charge is 0.336 e. The minimum absolute atomic E-state index is 0.0414. The van der Waals surface area contributed by atoms with Gasteiger partial charge in [-0.25, -0.2) is 9.50 Å². The predicted molar refractivity (Wildman–Crippen MR) is 116 cm³/mol. The standard InChI is InChI=1S/C23H19ClN4O2/c24-18-9-5-4-8-16(18)19-13-21-25-20-14-27(11-10-17(20)23(30)28(21)26-19)22(29)12-15-6-2-1-3-7-15/h1-9,13,26H,10-12,14H2. The molecule has 4 aromatic rings. The van der Waals surface area contributed by atoms with Gasteiger partial charge in [0.25, 0.3) is 5.56 Å². The zero-order chi connectivity index (χ0) is 20.7. The first-order valence-electron chi connectivity index (χ1n) is 9.80. The Balaban J connectivity index is 1.47. The van der Waals surface area contributed by atoms with E-state index in [0.717, 1.165) is 16.8 Å². The molecule has 0 spiro atoms. The normalized spacial score (nSPS) is 13.4. The summed E-state index contributed by atoms with van der Waals surface area (Å²) < 4.78 is 1.46. The lowest BCUT2D eigenvalue weighted by atomic mass is 10.0. The Kier molecular flexibility index (Phi) is 4.64. The first-order chi connectivity index (χ1) is 14.6. The Bertz CT molecular complexity index is 1310. The third kappa shape index (κ3) is 3.29. The number of carbonyl (C=O) groups excluding carboxylic acids is 1. The van der Waals surface area contributed by atoms with Crippen LogP contribution in [0.2, 0.25) is 5.02 Å². The van der Waals surface area contributed by atoms with Crippen LogP contribution in [0.15, 0.2) is 65.5 Å². The molecular weight excluding hydrogens is 400 g/mol. The number of aromatic nitrogens is 3. The van der Waals surface area contributed by atoms with E-state index in [2.05, 4.69) is 10.1 Å². The highest BCUT2D eigenvalue weighted by atomic mass is 35.5. The molecule has 5 rings (SSSR count). The first kappa shape index (κ1) is 18.6. The number of nitrogens with one attached hydrogen (secondary N) is 1. The third-order valence-electron chi connectivity index (χ3n) is 5.48. The number of benzene rings is 2. The third-order valence-corrected chi connectivity index (χ3v) is 5.81. The molecule has 0 radical (unpaired) electrons. The maximum absolute atomic E-state index is 13.0. The van der Waals surface area contributed by atoms with Gasteiger partial charge in [0.15, 0.2) is 5.65 Å². The highest BCUT2D eigenvalue weighted by molar-refractivity contribution is 6.33. The zero-order valence-corrected chi connectivity index (χ0v) is 16.9. The van der Waals surface area contributed by atoms with Crippen molar-refractivity contribution in [1.82, 2.24) is 19.5 Å². The topological polar surface area (TPSA) is 70.5 Å². The van der Waals surface area contributed by atoms with Crippen LogP contribution in [0, 0.1) is 0 Å². The van der Waals surface area contributed by atoms with Crippen molar-refractivity contribution in [2.24, 2.45) is 0 Å². The number of amides is 1. The lowest BCUT2D eigenvalue weighted by Gasteiger charge is -2.27. The highest BCUT2D eigenvalue weighted by Gasteiger charge is 2.25. The summed E-state index contributed by atoms with van der Waals surface area (Å²) in [6.45, 7) is 0.860. The van der Waals surface area contributed by atoms with Crippen LogP contribution in [0.3, 0.4) is 0 Å². The van der Waals surface area contributed by atoms with E-state index in [4.69, 9.17) is 11.6 Å². The predicted octanol–water partition coefficient (Wildman–Crippen LogP) is 3.47. The van der Waals surface area contributed by atoms with Crippen LogP contribution in [0.4, 0.5) is 0 Å². The Morgan fingerprint density at radius 3 is 2.67 bits per heavy atom. The van der Waals surface area contributed by atoms with Crippen LogP contribution < -0.4 is 5.56 Å². The van der Waals surface area contributed by atoms with Gasteiger partial charge in [-0.15, -0.1) is 0 Å². The van der Waals surface area contributed by atoms with Crippen molar-refractivity contribution in [2.45, 2.75) is 19.4 Å². The summed E-state index contributed by atoms with van der Waals surface area (Å²) in [6, 6.07) is 18.9. The SMILES string of the molecule is O=C(Cc1ccccc1)N1CCc2c(nc3cc(-c4ccccc4Cl)[nH]n3c2=O)C1. The highest BCUT2D eigenvalue weighted by Crippen LogP contribution is 2.27. The number of H-pyrrole nitrogens is 1. The van der Waals surface area contributed by atoms with Crippen LogP contribution >= 0.6 is 11.6 Å². The van der Waals surface area contributed by atoms with Crippen LogP contribution in [-0.4, -0.2) is 31.9 Å². The molecule has 150 valence electrons. The summed E-state index contributed by atoms with van der Waals surface area (Å²) in [6.07, 6.45) is 0.837. The monoisotopic (exact) mass is 418 g/mol. The zero-order valence-electron chi connectivity index (χ0n) is 16.1. The van der Waals surface area contributed by atoms with Crippen molar-refractivity contribution >= 4 is 23.2 Å². The van der Waals surface area contributed by atoms with Crippen LogP contribution in [0.5, 0.6) is 0 Å². The van der Waals surface area contributed by atoms with Gasteiger partial charge >= 0.3 is 0 Å². The van der Waals surface area contributed by atoms with Gasteiger partial charge in [0.2, 0.25) is 5.91 Å². The fourth-order valence-electron chi connectivity index (χ4n) is 3.91. The van der Waals surface area contributed by atoms with Gasteiger partial charge in [-0.3, -0.25) is 14.7 Å². The van der Waals surface area contributed by atoms with Crippen molar-refractivity contribution < 1.29 is 4.79 Å². The molecule has 0 aliphatic carbocycles. The maximum atomic E-state index is 13.0. The summed E-state index contributed by atoms with van der Waals surface area (Å²) in [4.78, 5) is 32.2. The molecular formula is C23H19ClN4O2. The summed E-state index contributed by atoms with van der Waals surface area (Å²) >= 11 is 6.30. The summed E-state index contributed by atoms with van der Waals surface area (Å²) in [5, 5.41) is 3.71. The Morgan fingerprint density at radius 2 is 1.87 bits per heavy atom. The first-order valence-corrected chi connectivity index (χ1v) is 10.2. The van der Waals surface area contributed by atoms with E-state index >= 15 is 0 Å². The van der Waals surface area contributed by atoms with E-state index in [9.17, 15) is 9.59 Å². The van der Waals surface area contributed by atoms with Crippen LogP contribution in [0.1, 0.15) is 16.8 Å². The van der Waals surface area contributed by atoms with E-state index in [0.29, 0.717) is 47.9 Å². The smallest absolute Gasteiger partial charge is 0.276 e. The van der Waals surface area contributed by atoms with E-state index in [1.807, 2.05) is 54.6 Å². The number of aromatic amines is 1. The molecule has 0 fully saturated rings. The second-order valence-corrected chi connectivity index (χ2v) is 7.82. The fourth-order valence-corrected chi connectivity index (χ4v) is 4.14. The van der Waals surface area contributed by atoms with Crippen molar-refractivity contribution in [2.75, 3.05) is 6.54 Å². The molecule has 30 heavy (non-hydrogen) atoms. The summed E-state index contributed by atoms with van der Waals surface area (Å²) in [5.74, 6) is 0.0414. The summed E-state index contributed by atoms with van der Waals surface area (Å²) in [7, 11) is 0. The quantitative estimate of drug-likeness (QED) is 0.553. The fraction of sp³-hybridized carbons (Fsp3) is 0.174. The minimum Gasteiger partial charge on any atom is -0.336 e. The number of hydrogen-bond donors (Lipinski definition) is 1. The molecule has 1 aliphatic rings. The van der Waals surface area contributed by atoms with Gasteiger partial charge in [-0.05, 0) is 18.1 Å². The molecule has 1 aliphatic heterocycles. The Labute approximate surface area is 177 Å². The molecule has 3 heterocycles. The van der Waals surface area contributed by atoms with Crippen LogP contribution in [-0.2, 0) is 24.2 Å². The van der Waals surface area contributed by atoms with Gasteiger partial charge in [0, 0.05) is 28.8 Å². The number of nitrogens with zero attached hydrogens (tertiary/aromatic N) is 3. The average molecular weight is 419 g/mol. The molecule has 0 unspecified atom stereocenters. The second kappa shape index (κ2) is 7.46. The maximum Gasteiger partial charge on any atom is 0.276 e. The molecule has 2 aromatic heterocycles. The van der Waals surface area contributed by atoms with E-state index in [-0.39, 0.29) is 11.5 Å². The molecule has 1 N–H and O–H groups in total. The van der Waals surface area contributed by atoms with Gasteiger partial charge in [-0.1, -0.05) is 60.1 Å². The van der Waals surface area contributed by atoms with Gasteiger partial charge in [0.1, 0.15) is 0 Å². The number of hydrogen-bond acceptors (Lipinski definition) is 3. The van der Waals surface area contributed by atoms with Crippen molar-refractivity contribution in [3.05, 3.63) is 92.9 Å². The number of carbonyl (C=O) groups is 1. The average Bonchev–Trinajstić information content (AvgIpc) is 3.18.